The standard InChI is InChI=1S/C15H17N3O/c1-2-18-15(16-10-17-18)9-14(19)13-8-12(13)11-6-4-3-5-7-11/h3-7,10,12-13H,2,8-9H2,1H3. The summed E-state index contributed by atoms with van der Waals surface area (Å²) in [4.78, 5) is 16.4. The minimum absolute atomic E-state index is 0.171. The second-order valence-corrected chi connectivity index (χ2v) is 4.99. The smallest absolute Gasteiger partial charge is 0.144 e. The van der Waals surface area contributed by atoms with Gasteiger partial charge in [0.15, 0.2) is 0 Å². The number of aromatic nitrogens is 3. The molecule has 4 heteroatoms. The van der Waals surface area contributed by atoms with Crippen LogP contribution in [0.4, 0.5) is 0 Å². The summed E-state index contributed by atoms with van der Waals surface area (Å²) >= 11 is 0. The predicted molar refractivity (Wildman–Crippen MR) is 71.7 cm³/mol. The van der Waals surface area contributed by atoms with Crippen molar-refractivity contribution < 1.29 is 4.79 Å². The van der Waals surface area contributed by atoms with Crippen LogP contribution < -0.4 is 0 Å². The number of aryl methyl sites for hydroxylation is 1. The fourth-order valence-electron chi connectivity index (χ4n) is 2.60. The van der Waals surface area contributed by atoms with Gasteiger partial charge in [-0.25, -0.2) is 9.67 Å². The van der Waals surface area contributed by atoms with Crippen LogP contribution in [-0.2, 0) is 17.8 Å². The summed E-state index contributed by atoms with van der Waals surface area (Å²) < 4.78 is 1.79. The molecule has 98 valence electrons. The van der Waals surface area contributed by atoms with Crippen molar-refractivity contribution in [3.05, 3.63) is 48.0 Å². The van der Waals surface area contributed by atoms with Crippen molar-refractivity contribution in [1.82, 2.24) is 14.8 Å². The molecule has 0 amide bonds. The molecule has 4 nitrogen and oxygen atoms in total. The molecule has 1 saturated carbocycles. The van der Waals surface area contributed by atoms with Crippen LogP contribution in [0.2, 0.25) is 0 Å². The quantitative estimate of drug-likeness (QED) is 0.823. The fraction of sp³-hybridized carbons (Fsp3) is 0.400. The molecular weight excluding hydrogens is 238 g/mol. The van der Waals surface area contributed by atoms with Crippen molar-refractivity contribution in [2.75, 3.05) is 0 Å². The van der Waals surface area contributed by atoms with Crippen LogP contribution in [0.1, 0.15) is 30.7 Å². The SMILES string of the molecule is CCn1ncnc1CC(=O)C1CC1c1ccccc1. The number of carbonyl (C=O) groups excluding carboxylic acids is 1. The molecule has 1 heterocycles. The highest BCUT2D eigenvalue weighted by atomic mass is 16.1. The van der Waals surface area contributed by atoms with Gasteiger partial charge in [-0.2, -0.15) is 5.10 Å². The molecule has 1 aromatic heterocycles. The van der Waals surface area contributed by atoms with E-state index in [0.29, 0.717) is 12.3 Å². The Kier molecular flexibility index (Phi) is 3.15. The second kappa shape index (κ2) is 4.96. The maximum Gasteiger partial charge on any atom is 0.144 e. The van der Waals surface area contributed by atoms with Gasteiger partial charge in [-0.05, 0) is 24.8 Å². The number of nitrogens with zero attached hydrogens (tertiary/aromatic N) is 3. The Morgan fingerprint density at radius 1 is 1.37 bits per heavy atom. The Morgan fingerprint density at radius 2 is 2.16 bits per heavy atom. The van der Waals surface area contributed by atoms with E-state index in [1.54, 1.807) is 4.68 Å². The molecule has 1 aliphatic rings. The number of carbonyl (C=O) groups is 1. The fourth-order valence-corrected chi connectivity index (χ4v) is 2.60. The number of benzene rings is 1. The van der Waals surface area contributed by atoms with Gasteiger partial charge in [0.1, 0.15) is 17.9 Å². The first-order valence-electron chi connectivity index (χ1n) is 6.74. The lowest BCUT2D eigenvalue weighted by atomic mass is 10.1. The van der Waals surface area contributed by atoms with Crippen LogP contribution in [-0.4, -0.2) is 20.5 Å². The van der Waals surface area contributed by atoms with E-state index in [1.807, 2.05) is 25.1 Å². The van der Waals surface area contributed by atoms with Gasteiger partial charge in [0.25, 0.3) is 0 Å². The van der Waals surface area contributed by atoms with Crippen molar-refractivity contribution in [2.45, 2.75) is 32.2 Å². The van der Waals surface area contributed by atoms with E-state index in [-0.39, 0.29) is 11.7 Å². The van der Waals surface area contributed by atoms with Gasteiger partial charge < -0.3 is 0 Å². The monoisotopic (exact) mass is 255 g/mol. The summed E-state index contributed by atoms with van der Waals surface area (Å²) in [6.45, 7) is 2.77. The van der Waals surface area contributed by atoms with Crippen LogP contribution in [0.25, 0.3) is 0 Å². The number of rotatable bonds is 5. The average molecular weight is 255 g/mol. The molecule has 0 N–H and O–H groups in total. The van der Waals surface area contributed by atoms with Gasteiger partial charge in [0, 0.05) is 12.5 Å². The molecule has 3 rings (SSSR count). The van der Waals surface area contributed by atoms with Crippen LogP contribution in [0.15, 0.2) is 36.7 Å². The molecule has 0 bridgehead atoms. The summed E-state index contributed by atoms with van der Waals surface area (Å²) in [6, 6.07) is 10.3. The van der Waals surface area contributed by atoms with E-state index in [1.165, 1.54) is 11.9 Å². The lowest BCUT2D eigenvalue weighted by molar-refractivity contribution is -0.119. The van der Waals surface area contributed by atoms with E-state index in [0.717, 1.165) is 18.8 Å². The van der Waals surface area contributed by atoms with Crippen molar-refractivity contribution in [3.8, 4) is 0 Å². The minimum Gasteiger partial charge on any atom is -0.299 e. The Hall–Kier alpha value is -1.97. The zero-order chi connectivity index (χ0) is 13.2. The first kappa shape index (κ1) is 12.1. The normalized spacial score (nSPS) is 21.3. The first-order valence-corrected chi connectivity index (χ1v) is 6.74. The van der Waals surface area contributed by atoms with Crippen molar-refractivity contribution in [3.63, 3.8) is 0 Å². The Morgan fingerprint density at radius 3 is 2.89 bits per heavy atom. The molecule has 2 atom stereocenters. The van der Waals surface area contributed by atoms with Gasteiger partial charge >= 0.3 is 0 Å². The average Bonchev–Trinajstić information content (AvgIpc) is 3.14. The van der Waals surface area contributed by atoms with Gasteiger partial charge in [0.05, 0.1) is 6.42 Å². The van der Waals surface area contributed by atoms with Crippen LogP contribution in [0.5, 0.6) is 0 Å². The van der Waals surface area contributed by atoms with E-state index >= 15 is 0 Å². The number of Topliss-reactive ketones (excluding diaryl/α,β-unsaturated/α-hetero) is 1. The Bertz CT molecular complexity index is 576. The molecule has 1 aromatic carbocycles. The number of hydrogen-bond donors (Lipinski definition) is 0. The third-order valence-electron chi connectivity index (χ3n) is 3.76. The zero-order valence-electron chi connectivity index (χ0n) is 11.0. The van der Waals surface area contributed by atoms with Crippen LogP contribution >= 0.6 is 0 Å². The molecular formula is C15H17N3O. The van der Waals surface area contributed by atoms with Crippen LogP contribution in [0.3, 0.4) is 0 Å². The molecule has 0 aliphatic heterocycles. The number of hydrogen-bond acceptors (Lipinski definition) is 3. The van der Waals surface area contributed by atoms with Gasteiger partial charge in [-0.3, -0.25) is 4.79 Å². The zero-order valence-corrected chi connectivity index (χ0v) is 11.0. The van der Waals surface area contributed by atoms with Crippen LogP contribution in [0, 0.1) is 5.92 Å². The topological polar surface area (TPSA) is 47.8 Å². The third kappa shape index (κ3) is 2.43. The highest BCUT2D eigenvalue weighted by Gasteiger charge is 2.43. The Balaban J connectivity index is 1.64. The molecule has 0 spiro atoms. The number of ketones is 1. The summed E-state index contributed by atoms with van der Waals surface area (Å²) in [6.07, 6.45) is 2.90. The molecule has 2 aromatic rings. The highest BCUT2D eigenvalue weighted by Crippen LogP contribution is 2.48. The molecule has 1 aliphatic carbocycles. The minimum atomic E-state index is 0.171. The molecule has 2 unspecified atom stereocenters. The molecule has 0 saturated heterocycles. The van der Waals surface area contributed by atoms with Gasteiger partial charge in [0.2, 0.25) is 0 Å². The lowest BCUT2D eigenvalue weighted by Crippen LogP contribution is -2.12. The summed E-state index contributed by atoms with van der Waals surface area (Å²) in [5, 5.41) is 4.10. The lowest BCUT2D eigenvalue weighted by Gasteiger charge is -2.02. The summed E-state index contributed by atoms with van der Waals surface area (Å²) in [5.41, 5.74) is 1.28. The second-order valence-electron chi connectivity index (χ2n) is 4.99. The van der Waals surface area contributed by atoms with E-state index < -0.39 is 0 Å². The maximum atomic E-state index is 12.2. The summed E-state index contributed by atoms with van der Waals surface area (Å²) in [7, 11) is 0. The molecule has 0 radical (unpaired) electrons. The molecule has 19 heavy (non-hydrogen) atoms. The van der Waals surface area contributed by atoms with Gasteiger partial charge in [-0.15, -0.1) is 0 Å². The van der Waals surface area contributed by atoms with E-state index in [9.17, 15) is 4.79 Å². The largest absolute Gasteiger partial charge is 0.299 e. The van der Waals surface area contributed by atoms with E-state index in [2.05, 4.69) is 22.2 Å². The first-order chi connectivity index (χ1) is 9.29. The van der Waals surface area contributed by atoms with Crippen molar-refractivity contribution in [2.24, 2.45) is 5.92 Å². The Labute approximate surface area is 112 Å². The summed E-state index contributed by atoms with van der Waals surface area (Å²) in [5.74, 6) is 1.65. The maximum absolute atomic E-state index is 12.2. The van der Waals surface area contributed by atoms with Crippen molar-refractivity contribution >= 4 is 5.78 Å². The van der Waals surface area contributed by atoms with E-state index in [4.69, 9.17) is 0 Å². The third-order valence-corrected chi connectivity index (χ3v) is 3.76. The highest BCUT2D eigenvalue weighted by molar-refractivity contribution is 5.86. The van der Waals surface area contributed by atoms with Crippen molar-refractivity contribution in [1.29, 1.82) is 0 Å². The predicted octanol–water partition coefficient (Wildman–Crippen LogP) is 2.21. The van der Waals surface area contributed by atoms with Gasteiger partial charge in [-0.1, -0.05) is 30.3 Å². The molecule has 1 fully saturated rings.